The molecule has 0 aliphatic carbocycles. The van der Waals surface area contributed by atoms with Crippen molar-refractivity contribution in [1.29, 1.82) is 0 Å². The standard InChI is InChI=1S/C13H13ClN6O/c1-8(15)11-6-20(19-17-11)7-12-16-13(18-21-12)9-4-2-3-5-10(9)14/h2-6,8H,7,15H2,1H3. The second-order valence-corrected chi connectivity index (χ2v) is 5.03. The Morgan fingerprint density at radius 1 is 1.38 bits per heavy atom. The third kappa shape index (κ3) is 2.93. The van der Waals surface area contributed by atoms with E-state index < -0.39 is 0 Å². The fraction of sp³-hybridized carbons (Fsp3) is 0.231. The molecule has 2 heterocycles. The lowest BCUT2D eigenvalue weighted by molar-refractivity contribution is 0.364. The minimum Gasteiger partial charge on any atom is -0.337 e. The number of halogens is 1. The van der Waals surface area contributed by atoms with E-state index in [2.05, 4.69) is 20.5 Å². The first-order chi connectivity index (χ1) is 10.1. The van der Waals surface area contributed by atoms with Gasteiger partial charge in [0.25, 0.3) is 0 Å². The van der Waals surface area contributed by atoms with E-state index in [1.54, 1.807) is 16.9 Å². The lowest BCUT2D eigenvalue weighted by atomic mass is 10.2. The Kier molecular flexibility index (Phi) is 3.68. The zero-order valence-electron chi connectivity index (χ0n) is 11.3. The average Bonchev–Trinajstić information content (AvgIpc) is 3.09. The molecule has 3 rings (SSSR count). The van der Waals surface area contributed by atoms with Gasteiger partial charge in [0.1, 0.15) is 6.54 Å². The molecule has 2 N–H and O–H groups in total. The van der Waals surface area contributed by atoms with Crippen LogP contribution in [0.15, 0.2) is 35.0 Å². The highest BCUT2D eigenvalue weighted by atomic mass is 35.5. The highest BCUT2D eigenvalue weighted by Gasteiger charge is 2.13. The second kappa shape index (κ2) is 5.63. The fourth-order valence-corrected chi connectivity index (χ4v) is 2.03. The van der Waals surface area contributed by atoms with Crippen molar-refractivity contribution in [2.75, 3.05) is 0 Å². The van der Waals surface area contributed by atoms with Crippen molar-refractivity contribution in [2.24, 2.45) is 5.73 Å². The second-order valence-electron chi connectivity index (χ2n) is 4.62. The highest BCUT2D eigenvalue weighted by molar-refractivity contribution is 6.33. The van der Waals surface area contributed by atoms with Crippen LogP contribution in [-0.2, 0) is 6.54 Å². The number of nitrogens with two attached hydrogens (primary N) is 1. The first-order valence-electron chi connectivity index (χ1n) is 6.36. The number of hydrogen-bond donors (Lipinski definition) is 1. The smallest absolute Gasteiger partial charge is 0.248 e. The summed E-state index contributed by atoms with van der Waals surface area (Å²) in [4.78, 5) is 4.31. The van der Waals surface area contributed by atoms with Gasteiger partial charge in [-0.05, 0) is 19.1 Å². The maximum absolute atomic E-state index is 6.10. The van der Waals surface area contributed by atoms with Crippen molar-refractivity contribution in [3.63, 3.8) is 0 Å². The van der Waals surface area contributed by atoms with Gasteiger partial charge in [0.05, 0.1) is 16.9 Å². The number of rotatable bonds is 4. The lowest BCUT2D eigenvalue weighted by Crippen LogP contribution is -2.05. The quantitative estimate of drug-likeness (QED) is 0.792. The van der Waals surface area contributed by atoms with Gasteiger partial charge in [0.2, 0.25) is 11.7 Å². The number of nitrogens with zero attached hydrogens (tertiary/aromatic N) is 5. The third-order valence-corrected chi connectivity index (χ3v) is 3.23. The van der Waals surface area contributed by atoms with Crippen LogP contribution in [0.2, 0.25) is 5.02 Å². The monoisotopic (exact) mass is 304 g/mol. The van der Waals surface area contributed by atoms with Crippen molar-refractivity contribution in [3.8, 4) is 11.4 Å². The fourth-order valence-electron chi connectivity index (χ4n) is 1.81. The molecule has 0 spiro atoms. The lowest BCUT2D eigenvalue weighted by Gasteiger charge is -1.96. The van der Waals surface area contributed by atoms with Crippen molar-refractivity contribution in [3.05, 3.63) is 47.1 Å². The van der Waals surface area contributed by atoms with Crippen LogP contribution in [0.3, 0.4) is 0 Å². The SMILES string of the molecule is CC(N)c1cn(Cc2nc(-c3ccccc3Cl)no2)nn1. The molecule has 1 aromatic carbocycles. The van der Waals surface area contributed by atoms with Gasteiger partial charge in [-0.3, -0.25) is 0 Å². The molecule has 21 heavy (non-hydrogen) atoms. The Hall–Kier alpha value is -2.25. The molecule has 8 heteroatoms. The Bertz CT molecular complexity index is 750. The van der Waals surface area contributed by atoms with Crippen LogP contribution in [0.25, 0.3) is 11.4 Å². The summed E-state index contributed by atoms with van der Waals surface area (Å²) >= 11 is 6.10. The van der Waals surface area contributed by atoms with E-state index in [0.29, 0.717) is 29.0 Å². The van der Waals surface area contributed by atoms with E-state index in [1.807, 2.05) is 25.1 Å². The summed E-state index contributed by atoms with van der Waals surface area (Å²) in [6.07, 6.45) is 1.75. The third-order valence-electron chi connectivity index (χ3n) is 2.90. The maximum Gasteiger partial charge on any atom is 0.248 e. The van der Waals surface area contributed by atoms with Crippen LogP contribution >= 0.6 is 11.6 Å². The molecule has 0 saturated heterocycles. The van der Waals surface area contributed by atoms with Crippen LogP contribution in [0, 0.1) is 0 Å². The maximum atomic E-state index is 6.10. The van der Waals surface area contributed by atoms with E-state index >= 15 is 0 Å². The van der Waals surface area contributed by atoms with E-state index in [-0.39, 0.29) is 6.04 Å². The predicted molar refractivity (Wildman–Crippen MR) is 76.5 cm³/mol. The average molecular weight is 305 g/mol. The molecule has 7 nitrogen and oxygen atoms in total. The summed E-state index contributed by atoms with van der Waals surface area (Å²) < 4.78 is 6.81. The zero-order chi connectivity index (χ0) is 14.8. The Balaban J connectivity index is 1.80. The predicted octanol–water partition coefficient (Wildman–Crippen LogP) is 2.05. The van der Waals surface area contributed by atoms with Gasteiger partial charge in [0, 0.05) is 11.6 Å². The molecule has 0 bridgehead atoms. The number of benzene rings is 1. The van der Waals surface area contributed by atoms with Crippen LogP contribution < -0.4 is 5.73 Å². The first-order valence-corrected chi connectivity index (χ1v) is 6.74. The largest absolute Gasteiger partial charge is 0.337 e. The molecule has 2 aromatic heterocycles. The van der Waals surface area contributed by atoms with E-state index in [1.165, 1.54) is 0 Å². The Morgan fingerprint density at radius 2 is 2.19 bits per heavy atom. The topological polar surface area (TPSA) is 95.7 Å². The summed E-state index contributed by atoms with van der Waals surface area (Å²) in [5.41, 5.74) is 7.17. The van der Waals surface area contributed by atoms with Crippen molar-refractivity contribution < 1.29 is 4.52 Å². The molecule has 0 aliphatic heterocycles. The van der Waals surface area contributed by atoms with Crippen molar-refractivity contribution in [1.82, 2.24) is 25.1 Å². The van der Waals surface area contributed by atoms with Crippen LogP contribution in [0.1, 0.15) is 24.6 Å². The number of hydrogen-bond acceptors (Lipinski definition) is 6. The van der Waals surface area contributed by atoms with Crippen LogP contribution in [0.5, 0.6) is 0 Å². The molecule has 3 aromatic rings. The molecular formula is C13H13ClN6O. The summed E-state index contributed by atoms with van der Waals surface area (Å²) in [6.45, 7) is 2.17. The minimum atomic E-state index is -0.167. The van der Waals surface area contributed by atoms with Gasteiger partial charge in [-0.25, -0.2) is 4.68 Å². The van der Waals surface area contributed by atoms with Crippen LogP contribution in [-0.4, -0.2) is 25.1 Å². The van der Waals surface area contributed by atoms with Gasteiger partial charge in [-0.2, -0.15) is 4.98 Å². The molecule has 0 saturated carbocycles. The summed E-state index contributed by atoms with van der Waals surface area (Å²) in [7, 11) is 0. The molecule has 108 valence electrons. The van der Waals surface area contributed by atoms with E-state index in [0.717, 1.165) is 5.56 Å². The Labute approximate surface area is 125 Å². The summed E-state index contributed by atoms with van der Waals surface area (Å²) in [6, 6.07) is 7.15. The first kappa shape index (κ1) is 13.7. The summed E-state index contributed by atoms with van der Waals surface area (Å²) in [5, 5.41) is 12.4. The van der Waals surface area contributed by atoms with Crippen LogP contribution in [0.4, 0.5) is 0 Å². The Morgan fingerprint density at radius 3 is 2.90 bits per heavy atom. The molecule has 0 radical (unpaired) electrons. The summed E-state index contributed by atoms with van der Waals surface area (Å²) in [5.74, 6) is 0.870. The molecule has 0 aliphatic rings. The zero-order valence-corrected chi connectivity index (χ0v) is 12.0. The van der Waals surface area contributed by atoms with Gasteiger partial charge in [-0.1, -0.05) is 34.1 Å². The molecule has 0 amide bonds. The van der Waals surface area contributed by atoms with Gasteiger partial charge >= 0.3 is 0 Å². The molecular weight excluding hydrogens is 292 g/mol. The highest BCUT2D eigenvalue weighted by Crippen LogP contribution is 2.24. The van der Waals surface area contributed by atoms with Crippen molar-refractivity contribution in [2.45, 2.75) is 19.5 Å². The van der Waals surface area contributed by atoms with Crippen molar-refractivity contribution >= 4 is 11.6 Å². The molecule has 1 unspecified atom stereocenters. The minimum absolute atomic E-state index is 0.167. The molecule has 1 atom stereocenters. The number of aromatic nitrogens is 5. The van der Waals surface area contributed by atoms with Gasteiger partial charge in [-0.15, -0.1) is 5.10 Å². The molecule has 0 fully saturated rings. The van der Waals surface area contributed by atoms with Gasteiger partial charge in [0.15, 0.2) is 0 Å². The van der Waals surface area contributed by atoms with E-state index in [4.69, 9.17) is 21.9 Å². The normalized spacial score (nSPS) is 12.5. The van der Waals surface area contributed by atoms with Gasteiger partial charge < -0.3 is 10.3 Å². The van der Waals surface area contributed by atoms with E-state index in [9.17, 15) is 0 Å².